The van der Waals surface area contributed by atoms with Crippen LogP contribution in [0.2, 0.25) is 0 Å². The summed E-state index contributed by atoms with van der Waals surface area (Å²) in [6, 6.07) is 1.49. The molecule has 3 unspecified atom stereocenters. The number of hydrogen-bond donors (Lipinski definition) is 0. The van der Waals surface area contributed by atoms with Crippen LogP contribution in [-0.4, -0.2) is 23.5 Å². The Kier molecular flexibility index (Phi) is 3.78. The van der Waals surface area contributed by atoms with E-state index in [2.05, 4.69) is 39.5 Å². The van der Waals surface area contributed by atoms with Gasteiger partial charge < -0.3 is 0 Å². The van der Waals surface area contributed by atoms with Crippen LogP contribution in [-0.2, 0) is 0 Å². The summed E-state index contributed by atoms with van der Waals surface area (Å²) in [4.78, 5) is 2.66. The van der Waals surface area contributed by atoms with Gasteiger partial charge in [0.05, 0.1) is 0 Å². The zero-order valence-corrected chi connectivity index (χ0v) is 9.88. The zero-order valence-electron chi connectivity index (χ0n) is 9.88. The van der Waals surface area contributed by atoms with Crippen LogP contribution in [0.1, 0.15) is 47.5 Å². The van der Waals surface area contributed by atoms with E-state index in [9.17, 15) is 0 Å². The highest BCUT2D eigenvalue weighted by Gasteiger charge is 2.25. The van der Waals surface area contributed by atoms with E-state index in [0.29, 0.717) is 6.04 Å². The summed E-state index contributed by atoms with van der Waals surface area (Å²) in [5, 5.41) is 0. The minimum Gasteiger partial charge on any atom is -0.298 e. The van der Waals surface area contributed by atoms with E-state index in [1.165, 1.54) is 19.4 Å². The molecule has 0 aromatic heterocycles. The third-order valence-electron chi connectivity index (χ3n) is 3.30. The van der Waals surface area contributed by atoms with Crippen LogP contribution >= 0.6 is 0 Å². The molecule has 1 aliphatic rings. The van der Waals surface area contributed by atoms with Gasteiger partial charge in [0.1, 0.15) is 0 Å². The fourth-order valence-corrected chi connectivity index (χ4v) is 2.83. The van der Waals surface area contributed by atoms with Crippen LogP contribution in [0.5, 0.6) is 0 Å². The summed E-state index contributed by atoms with van der Waals surface area (Å²) in [5.74, 6) is 1.79. The number of likely N-dealkylation sites (tertiary alicyclic amines) is 1. The van der Waals surface area contributed by atoms with Crippen molar-refractivity contribution in [1.29, 1.82) is 0 Å². The molecule has 3 atom stereocenters. The first kappa shape index (κ1) is 11.0. The molecule has 0 bridgehead atoms. The maximum absolute atomic E-state index is 2.66. The monoisotopic (exact) mass is 183 g/mol. The average molecular weight is 183 g/mol. The van der Waals surface area contributed by atoms with Crippen molar-refractivity contribution in [2.45, 2.75) is 59.5 Å². The second-order valence-electron chi connectivity index (χ2n) is 5.32. The molecule has 1 nitrogen and oxygen atoms in total. The van der Waals surface area contributed by atoms with Crippen molar-refractivity contribution in [2.24, 2.45) is 11.8 Å². The van der Waals surface area contributed by atoms with Gasteiger partial charge in [-0.15, -0.1) is 0 Å². The van der Waals surface area contributed by atoms with Crippen LogP contribution in [0.15, 0.2) is 0 Å². The van der Waals surface area contributed by atoms with Gasteiger partial charge in [-0.1, -0.05) is 13.8 Å². The van der Waals surface area contributed by atoms with E-state index < -0.39 is 0 Å². The lowest BCUT2D eigenvalue weighted by atomic mass is 9.95. The van der Waals surface area contributed by atoms with E-state index in [0.717, 1.165) is 17.9 Å². The number of nitrogens with zero attached hydrogens (tertiary/aromatic N) is 1. The van der Waals surface area contributed by atoms with Crippen molar-refractivity contribution in [3.05, 3.63) is 0 Å². The first-order valence-corrected chi connectivity index (χ1v) is 5.76. The van der Waals surface area contributed by atoms with E-state index in [4.69, 9.17) is 0 Å². The van der Waals surface area contributed by atoms with Crippen molar-refractivity contribution >= 4 is 0 Å². The Hall–Kier alpha value is -0.0400. The lowest BCUT2D eigenvalue weighted by molar-refractivity contribution is 0.150. The molecule has 78 valence electrons. The largest absolute Gasteiger partial charge is 0.298 e. The van der Waals surface area contributed by atoms with Gasteiger partial charge in [0.15, 0.2) is 0 Å². The molecule has 13 heavy (non-hydrogen) atoms. The SMILES string of the molecule is CC1CC(C)CN(C(C)C)C(C)C1. The second-order valence-corrected chi connectivity index (χ2v) is 5.32. The summed E-state index contributed by atoms with van der Waals surface area (Å²) in [6.45, 7) is 13.1. The molecule has 0 N–H and O–H groups in total. The van der Waals surface area contributed by atoms with Crippen LogP contribution in [0.3, 0.4) is 0 Å². The summed E-state index contributed by atoms with van der Waals surface area (Å²) in [5.41, 5.74) is 0. The minimum absolute atomic E-state index is 0.711. The van der Waals surface area contributed by atoms with Crippen molar-refractivity contribution in [1.82, 2.24) is 4.90 Å². The van der Waals surface area contributed by atoms with Crippen LogP contribution in [0, 0.1) is 11.8 Å². The van der Waals surface area contributed by atoms with Crippen molar-refractivity contribution in [3.8, 4) is 0 Å². The van der Waals surface area contributed by atoms with Crippen molar-refractivity contribution in [2.75, 3.05) is 6.54 Å². The lowest BCUT2D eigenvalue weighted by Crippen LogP contribution is -2.39. The minimum atomic E-state index is 0.711. The molecule has 0 aliphatic carbocycles. The molecule has 1 rings (SSSR count). The van der Waals surface area contributed by atoms with Gasteiger partial charge in [-0.2, -0.15) is 0 Å². The first-order chi connectivity index (χ1) is 6.00. The quantitative estimate of drug-likeness (QED) is 0.603. The van der Waals surface area contributed by atoms with Crippen molar-refractivity contribution < 1.29 is 0 Å². The van der Waals surface area contributed by atoms with E-state index in [1.807, 2.05) is 0 Å². The Bertz CT molecular complexity index is 153. The highest BCUT2D eigenvalue weighted by Crippen LogP contribution is 2.26. The van der Waals surface area contributed by atoms with Crippen molar-refractivity contribution in [3.63, 3.8) is 0 Å². The van der Waals surface area contributed by atoms with Gasteiger partial charge >= 0.3 is 0 Å². The summed E-state index contributed by atoms with van der Waals surface area (Å²) < 4.78 is 0. The molecular weight excluding hydrogens is 158 g/mol. The van der Waals surface area contributed by atoms with Gasteiger partial charge in [0.2, 0.25) is 0 Å². The summed E-state index contributed by atoms with van der Waals surface area (Å²) >= 11 is 0. The molecule has 1 heteroatoms. The molecule has 0 saturated carbocycles. The Morgan fingerprint density at radius 3 is 2.15 bits per heavy atom. The zero-order chi connectivity index (χ0) is 10.0. The van der Waals surface area contributed by atoms with Gasteiger partial charge in [-0.25, -0.2) is 0 Å². The molecule has 0 aromatic carbocycles. The highest BCUT2D eigenvalue weighted by molar-refractivity contribution is 4.79. The molecule has 0 spiro atoms. The molecule has 1 heterocycles. The van der Waals surface area contributed by atoms with Gasteiger partial charge in [-0.3, -0.25) is 4.90 Å². The molecule has 0 amide bonds. The van der Waals surface area contributed by atoms with Gasteiger partial charge in [0, 0.05) is 18.6 Å². The highest BCUT2D eigenvalue weighted by atomic mass is 15.2. The third kappa shape index (κ3) is 2.98. The topological polar surface area (TPSA) is 3.24 Å². The number of hydrogen-bond acceptors (Lipinski definition) is 1. The molecule has 1 saturated heterocycles. The van der Waals surface area contributed by atoms with E-state index in [1.54, 1.807) is 0 Å². The molecule has 0 aromatic rings. The fourth-order valence-electron chi connectivity index (χ4n) is 2.83. The molecule has 1 fully saturated rings. The molecule has 1 aliphatic heterocycles. The predicted molar refractivity (Wildman–Crippen MR) is 58.9 cm³/mol. The van der Waals surface area contributed by atoms with Gasteiger partial charge in [-0.05, 0) is 45.4 Å². The van der Waals surface area contributed by atoms with E-state index >= 15 is 0 Å². The second kappa shape index (κ2) is 4.45. The van der Waals surface area contributed by atoms with Crippen LogP contribution in [0.25, 0.3) is 0 Å². The number of rotatable bonds is 1. The Morgan fingerprint density at radius 1 is 1.00 bits per heavy atom. The predicted octanol–water partition coefficient (Wildman–Crippen LogP) is 3.15. The molecular formula is C12H25N. The Balaban J connectivity index is 2.62. The standard InChI is InChI=1S/C12H25N/c1-9(2)13-8-11(4)6-10(3)7-12(13)5/h9-12H,6-8H2,1-5H3. The smallest absolute Gasteiger partial charge is 0.00722 e. The normalized spacial score (nSPS) is 37.8. The first-order valence-electron chi connectivity index (χ1n) is 5.76. The maximum Gasteiger partial charge on any atom is 0.00722 e. The van der Waals surface area contributed by atoms with E-state index in [-0.39, 0.29) is 0 Å². The Morgan fingerprint density at radius 2 is 1.62 bits per heavy atom. The average Bonchev–Trinajstić information content (AvgIpc) is 2.09. The maximum atomic E-state index is 2.66. The van der Waals surface area contributed by atoms with Crippen LogP contribution in [0.4, 0.5) is 0 Å². The third-order valence-corrected chi connectivity index (χ3v) is 3.30. The summed E-state index contributed by atoms with van der Waals surface area (Å²) in [7, 11) is 0. The Labute approximate surface area is 83.5 Å². The lowest BCUT2D eigenvalue weighted by Gasteiger charge is -2.32. The fraction of sp³-hybridized carbons (Fsp3) is 1.00. The summed E-state index contributed by atoms with van der Waals surface area (Å²) in [6.07, 6.45) is 2.79. The van der Waals surface area contributed by atoms with Crippen LogP contribution < -0.4 is 0 Å². The molecule has 0 radical (unpaired) electrons. The van der Waals surface area contributed by atoms with Gasteiger partial charge in [0.25, 0.3) is 0 Å².